The van der Waals surface area contributed by atoms with E-state index < -0.39 is 0 Å². The molecule has 0 fully saturated rings. The van der Waals surface area contributed by atoms with Crippen LogP contribution in [0.2, 0.25) is 0 Å². The van der Waals surface area contributed by atoms with Gasteiger partial charge in [0.1, 0.15) is 0 Å². The highest BCUT2D eigenvalue weighted by Crippen LogP contribution is 2.33. The minimum absolute atomic E-state index is 0.0845. The molecule has 1 N–H and O–H groups in total. The fourth-order valence-electron chi connectivity index (χ4n) is 3.92. The number of methoxy groups -OCH3 is 2. The zero-order valence-corrected chi connectivity index (χ0v) is 20.0. The smallest absolute Gasteiger partial charge is 0.251 e. The number of hydrogen-bond acceptors (Lipinski definition) is 6. The number of carbonyl (C=O) groups is 1. The first-order chi connectivity index (χ1) is 15.1. The van der Waals surface area contributed by atoms with Crippen molar-refractivity contribution in [1.29, 1.82) is 0 Å². The van der Waals surface area contributed by atoms with E-state index in [1.54, 1.807) is 18.9 Å². The van der Waals surface area contributed by atoms with Crippen molar-refractivity contribution in [2.75, 3.05) is 14.2 Å². The minimum Gasteiger partial charge on any atom is -0.493 e. The summed E-state index contributed by atoms with van der Waals surface area (Å²) in [6.45, 7) is 11.6. The van der Waals surface area contributed by atoms with E-state index in [1.807, 2.05) is 59.7 Å². The average Bonchev–Trinajstić information content (AvgIpc) is 3.00. The summed E-state index contributed by atoms with van der Waals surface area (Å²) in [5.41, 5.74) is 6.26. The number of hydrogen-bond donors (Lipinski definition) is 1. The predicted octanol–water partition coefficient (Wildman–Crippen LogP) is 3.64. The zero-order valence-electron chi connectivity index (χ0n) is 20.0. The van der Waals surface area contributed by atoms with Gasteiger partial charge in [-0.2, -0.15) is 5.10 Å². The van der Waals surface area contributed by atoms with E-state index in [4.69, 9.17) is 9.47 Å². The van der Waals surface area contributed by atoms with Gasteiger partial charge in [-0.15, -0.1) is 0 Å². The van der Waals surface area contributed by atoms with E-state index in [-0.39, 0.29) is 18.4 Å². The maximum absolute atomic E-state index is 12.9. The molecule has 32 heavy (non-hydrogen) atoms. The molecule has 8 nitrogen and oxygen atoms in total. The Morgan fingerprint density at radius 3 is 2.19 bits per heavy atom. The molecular weight excluding hydrogens is 406 g/mol. The van der Waals surface area contributed by atoms with Gasteiger partial charge in [-0.05, 0) is 70.9 Å². The third-order valence-electron chi connectivity index (χ3n) is 5.55. The monoisotopic (exact) mass is 437 g/mol. The average molecular weight is 438 g/mol. The molecule has 2 aromatic heterocycles. The van der Waals surface area contributed by atoms with Crippen molar-refractivity contribution in [1.82, 2.24) is 25.1 Å². The van der Waals surface area contributed by atoms with Crippen molar-refractivity contribution in [3.63, 3.8) is 0 Å². The SMILES string of the molecule is COc1cc(C)c(C(C)NC(=O)Cc2c(C)nn(-c3nc(C)cc(C)n3)c2C)cc1OC. The third-order valence-corrected chi connectivity index (χ3v) is 5.55. The van der Waals surface area contributed by atoms with E-state index >= 15 is 0 Å². The largest absolute Gasteiger partial charge is 0.493 e. The molecule has 0 saturated heterocycles. The van der Waals surface area contributed by atoms with Crippen LogP contribution in [0.25, 0.3) is 5.95 Å². The molecule has 3 rings (SSSR count). The highest BCUT2D eigenvalue weighted by Gasteiger charge is 2.20. The van der Waals surface area contributed by atoms with Gasteiger partial charge in [0.15, 0.2) is 11.5 Å². The third kappa shape index (κ3) is 4.74. The molecule has 8 heteroatoms. The van der Waals surface area contributed by atoms with Crippen LogP contribution in [0.15, 0.2) is 18.2 Å². The second-order valence-electron chi connectivity index (χ2n) is 8.04. The summed E-state index contributed by atoms with van der Waals surface area (Å²) >= 11 is 0. The summed E-state index contributed by atoms with van der Waals surface area (Å²) in [5.74, 6) is 1.73. The summed E-state index contributed by atoms with van der Waals surface area (Å²) in [7, 11) is 3.21. The molecule has 0 bridgehead atoms. The summed E-state index contributed by atoms with van der Waals surface area (Å²) in [5, 5.41) is 7.68. The number of nitrogens with zero attached hydrogens (tertiary/aromatic N) is 4. The van der Waals surface area contributed by atoms with E-state index in [0.29, 0.717) is 17.4 Å². The van der Waals surface area contributed by atoms with Crippen molar-refractivity contribution >= 4 is 5.91 Å². The van der Waals surface area contributed by atoms with Crippen LogP contribution in [0.4, 0.5) is 0 Å². The molecule has 0 saturated carbocycles. The van der Waals surface area contributed by atoms with Crippen LogP contribution in [0, 0.1) is 34.6 Å². The van der Waals surface area contributed by atoms with Crippen molar-refractivity contribution in [3.05, 3.63) is 57.7 Å². The van der Waals surface area contributed by atoms with Gasteiger partial charge in [-0.25, -0.2) is 14.6 Å². The van der Waals surface area contributed by atoms with E-state index in [1.165, 1.54) is 0 Å². The molecule has 0 aliphatic heterocycles. The van der Waals surface area contributed by atoms with Crippen LogP contribution in [0.1, 0.15) is 52.4 Å². The lowest BCUT2D eigenvalue weighted by atomic mass is 10.0. The normalized spacial score (nSPS) is 11.9. The summed E-state index contributed by atoms with van der Waals surface area (Å²) < 4.78 is 12.5. The molecule has 2 heterocycles. The molecule has 0 aliphatic rings. The first-order valence-electron chi connectivity index (χ1n) is 10.5. The lowest BCUT2D eigenvalue weighted by Crippen LogP contribution is -2.29. The molecule has 1 atom stereocenters. The van der Waals surface area contributed by atoms with Crippen LogP contribution < -0.4 is 14.8 Å². The second-order valence-corrected chi connectivity index (χ2v) is 8.04. The Labute approximate surface area is 189 Å². The summed E-state index contributed by atoms with van der Waals surface area (Å²) in [6, 6.07) is 5.55. The Morgan fingerprint density at radius 2 is 1.59 bits per heavy atom. The number of aromatic nitrogens is 4. The number of ether oxygens (including phenoxy) is 2. The number of rotatable bonds is 7. The molecule has 0 spiro atoms. The predicted molar refractivity (Wildman–Crippen MR) is 123 cm³/mol. The molecule has 1 aromatic carbocycles. The number of aryl methyl sites for hydroxylation is 4. The first kappa shape index (κ1) is 23.2. The Balaban J connectivity index is 1.80. The maximum atomic E-state index is 12.9. The van der Waals surface area contributed by atoms with Crippen molar-refractivity contribution in [2.45, 2.75) is 54.0 Å². The molecule has 170 valence electrons. The van der Waals surface area contributed by atoms with Gasteiger partial charge in [0.05, 0.1) is 32.4 Å². The Kier molecular flexibility index (Phi) is 6.81. The summed E-state index contributed by atoms with van der Waals surface area (Å²) in [4.78, 5) is 21.9. The highest BCUT2D eigenvalue weighted by molar-refractivity contribution is 5.79. The van der Waals surface area contributed by atoms with Crippen LogP contribution >= 0.6 is 0 Å². The van der Waals surface area contributed by atoms with Gasteiger partial charge in [-0.1, -0.05) is 0 Å². The first-order valence-corrected chi connectivity index (χ1v) is 10.5. The number of benzene rings is 1. The second kappa shape index (κ2) is 9.38. The van der Waals surface area contributed by atoms with Gasteiger partial charge in [0.2, 0.25) is 5.91 Å². The number of amides is 1. The van der Waals surface area contributed by atoms with Gasteiger partial charge < -0.3 is 14.8 Å². The van der Waals surface area contributed by atoms with Crippen LogP contribution in [0.5, 0.6) is 11.5 Å². The fourth-order valence-corrected chi connectivity index (χ4v) is 3.92. The Hall–Kier alpha value is -3.42. The lowest BCUT2D eigenvalue weighted by Gasteiger charge is -2.19. The minimum atomic E-state index is -0.194. The topological polar surface area (TPSA) is 91.2 Å². The van der Waals surface area contributed by atoms with E-state index in [9.17, 15) is 4.79 Å². The van der Waals surface area contributed by atoms with Crippen LogP contribution in [0.3, 0.4) is 0 Å². The molecule has 3 aromatic rings. The standard InChI is InChI=1S/C24H31N5O3/c1-13-9-21(31-7)22(32-8)11-19(13)16(4)27-23(30)12-20-17(5)28-29(18(20)6)24-25-14(2)10-15(3)26-24/h9-11,16H,12H2,1-8H3,(H,27,30). The van der Waals surface area contributed by atoms with Gasteiger partial charge >= 0.3 is 0 Å². The Morgan fingerprint density at radius 1 is 1.00 bits per heavy atom. The Bertz CT molecular complexity index is 1130. The number of carbonyl (C=O) groups excluding carboxylic acids is 1. The fraction of sp³-hybridized carbons (Fsp3) is 0.417. The summed E-state index contributed by atoms with van der Waals surface area (Å²) in [6.07, 6.45) is 0.221. The molecular formula is C24H31N5O3. The van der Waals surface area contributed by atoms with E-state index in [2.05, 4.69) is 20.4 Å². The quantitative estimate of drug-likeness (QED) is 0.607. The van der Waals surface area contributed by atoms with Crippen molar-refractivity contribution in [3.8, 4) is 17.4 Å². The van der Waals surface area contributed by atoms with Crippen LogP contribution in [-0.4, -0.2) is 39.9 Å². The van der Waals surface area contributed by atoms with Crippen molar-refractivity contribution < 1.29 is 14.3 Å². The molecule has 1 amide bonds. The number of nitrogens with one attached hydrogen (secondary N) is 1. The van der Waals surface area contributed by atoms with Crippen LogP contribution in [-0.2, 0) is 11.2 Å². The van der Waals surface area contributed by atoms with Crippen molar-refractivity contribution in [2.24, 2.45) is 0 Å². The maximum Gasteiger partial charge on any atom is 0.251 e. The van der Waals surface area contributed by atoms with E-state index in [0.717, 1.165) is 39.5 Å². The molecule has 0 radical (unpaired) electrons. The zero-order chi connectivity index (χ0) is 23.6. The van der Waals surface area contributed by atoms with Gasteiger partial charge in [-0.3, -0.25) is 4.79 Å². The lowest BCUT2D eigenvalue weighted by molar-refractivity contribution is -0.121. The molecule has 1 unspecified atom stereocenters. The highest BCUT2D eigenvalue weighted by atomic mass is 16.5. The molecule has 0 aliphatic carbocycles. The van der Waals surface area contributed by atoms with Gasteiger partial charge in [0.25, 0.3) is 5.95 Å². The van der Waals surface area contributed by atoms with Gasteiger partial charge in [0, 0.05) is 22.6 Å².